The monoisotopic (exact) mass is 464 g/mol. The summed E-state index contributed by atoms with van der Waals surface area (Å²) >= 11 is 5.79. The maximum Gasteiger partial charge on any atom is 0.471 e. The second kappa shape index (κ2) is 9.69. The zero-order chi connectivity index (χ0) is 23.3. The molecular weight excluding hydrogens is 449 g/mol. The summed E-state index contributed by atoms with van der Waals surface area (Å²) in [4.78, 5) is 23.2. The van der Waals surface area contributed by atoms with Gasteiger partial charge < -0.3 is 4.74 Å². The van der Waals surface area contributed by atoms with E-state index in [0.717, 1.165) is 17.7 Å². The summed E-state index contributed by atoms with van der Waals surface area (Å²) in [5.74, 6) is -2.15. The van der Waals surface area contributed by atoms with Crippen LogP contribution in [0.5, 0.6) is 5.75 Å². The predicted molar refractivity (Wildman–Crippen MR) is 113 cm³/mol. The molecule has 0 spiro atoms. The highest BCUT2D eigenvalue weighted by molar-refractivity contribution is 6.30. The third-order valence-corrected chi connectivity index (χ3v) is 4.68. The Morgan fingerprint density at radius 1 is 1.00 bits per heavy atom. The molecule has 0 fully saturated rings. The number of anilines is 1. The first-order valence-corrected chi connectivity index (χ1v) is 9.61. The van der Waals surface area contributed by atoms with E-state index in [0.29, 0.717) is 15.5 Å². The number of halogens is 4. The number of nitrogens with zero attached hydrogens (tertiary/aromatic N) is 2. The smallest absolute Gasteiger partial charge is 0.471 e. The first-order valence-electron chi connectivity index (χ1n) is 9.23. The van der Waals surface area contributed by atoms with Crippen molar-refractivity contribution in [3.63, 3.8) is 0 Å². The van der Waals surface area contributed by atoms with Gasteiger partial charge in [-0.2, -0.15) is 13.2 Å². The largest absolute Gasteiger partial charge is 0.489 e. The first kappa shape index (κ1) is 23.1. The van der Waals surface area contributed by atoms with Crippen LogP contribution in [-0.4, -0.2) is 17.0 Å². The standard InChI is InChI=1S/C22H16ClF3N2O4/c23-17-8-6-15(7-9-17)13-27(21(29)22(24,25)26)19-11-10-18(12-20(19)28(30)31)32-14-16-4-2-1-3-5-16/h1-12H,13-14H2. The fourth-order valence-corrected chi connectivity index (χ4v) is 3.03. The van der Waals surface area contributed by atoms with Gasteiger partial charge in [0.25, 0.3) is 5.69 Å². The summed E-state index contributed by atoms with van der Waals surface area (Å²) in [5.41, 5.74) is -0.0805. The molecule has 0 aliphatic carbocycles. The first-order chi connectivity index (χ1) is 15.1. The SMILES string of the molecule is O=C(N(Cc1ccc(Cl)cc1)c1ccc(OCc2ccccc2)cc1[N+](=O)[O-])C(F)(F)F. The molecule has 6 nitrogen and oxygen atoms in total. The van der Waals surface area contributed by atoms with Crippen LogP contribution in [0.2, 0.25) is 5.02 Å². The molecule has 1 amide bonds. The van der Waals surface area contributed by atoms with E-state index in [9.17, 15) is 28.1 Å². The minimum atomic E-state index is -5.23. The molecule has 0 radical (unpaired) electrons. The molecule has 3 aromatic rings. The molecule has 0 aromatic heterocycles. The highest BCUT2D eigenvalue weighted by Crippen LogP contribution is 2.36. The summed E-state index contributed by atoms with van der Waals surface area (Å²) in [6.45, 7) is -0.437. The Labute approximate surface area is 185 Å². The summed E-state index contributed by atoms with van der Waals surface area (Å²) < 4.78 is 45.3. The van der Waals surface area contributed by atoms with Gasteiger partial charge in [0.15, 0.2) is 0 Å². The van der Waals surface area contributed by atoms with E-state index in [4.69, 9.17) is 16.3 Å². The van der Waals surface area contributed by atoms with Crippen molar-refractivity contribution < 1.29 is 27.6 Å². The molecule has 0 aliphatic heterocycles. The molecule has 0 heterocycles. The Bertz CT molecular complexity index is 1110. The van der Waals surface area contributed by atoms with Gasteiger partial charge in [-0.25, -0.2) is 0 Å². The van der Waals surface area contributed by atoms with Crippen LogP contribution in [0.1, 0.15) is 11.1 Å². The van der Waals surface area contributed by atoms with Gasteiger partial charge in [-0.1, -0.05) is 54.1 Å². The maximum absolute atomic E-state index is 13.3. The molecule has 0 saturated carbocycles. The number of hydrogen-bond acceptors (Lipinski definition) is 4. The minimum Gasteiger partial charge on any atom is -0.489 e. The molecule has 3 aromatic carbocycles. The second-order valence-corrected chi connectivity index (χ2v) is 7.13. The summed E-state index contributed by atoms with van der Waals surface area (Å²) in [7, 11) is 0. The number of carbonyl (C=O) groups excluding carboxylic acids is 1. The van der Waals surface area contributed by atoms with E-state index in [1.807, 2.05) is 6.07 Å². The van der Waals surface area contributed by atoms with Gasteiger partial charge in [0.2, 0.25) is 0 Å². The zero-order valence-electron chi connectivity index (χ0n) is 16.4. The van der Waals surface area contributed by atoms with Crippen molar-refractivity contribution in [2.75, 3.05) is 4.90 Å². The quantitative estimate of drug-likeness (QED) is 0.321. The number of hydrogen-bond donors (Lipinski definition) is 0. The summed E-state index contributed by atoms with van der Waals surface area (Å²) in [6, 6.07) is 18.1. The lowest BCUT2D eigenvalue weighted by Gasteiger charge is -2.24. The fraction of sp³-hybridized carbons (Fsp3) is 0.136. The molecule has 0 N–H and O–H groups in total. The van der Waals surface area contributed by atoms with Crippen LogP contribution in [0.4, 0.5) is 24.5 Å². The van der Waals surface area contributed by atoms with E-state index < -0.39 is 34.9 Å². The molecule has 0 saturated heterocycles. The Hall–Kier alpha value is -3.59. The number of rotatable bonds is 7. The molecule has 0 aliphatic rings. The van der Waals surface area contributed by atoms with Gasteiger partial charge in [0.1, 0.15) is 18.0 Å². The van der Waals surface area contributed by atoms with Crippen LogP contribution < -0.4 is 9.64 Å². The van der Waals surface area contributed by atoms with Crippen LogP contribution in [0.15, 0.2) is 72.8 Å². The summed E-state index contributed by atoms with van der Waals surface area (Å²) in [6.07, 6.45) is -5.23. The third kappa shape index (κ3) is 5.76. The number of nitro groups is 1. The van der Waals surface area contributed by atoms with Gasteiger partial charge in [-0.3, -0.25) is 19.8 Å². The molecule has 0 bridgehead atoms. The number of ether oxygens (including phenoxy) is 1. The van der Waals surface area contributed by atoms with Gasteiger partial charge in [-0.05, 0) is 35.4 Å². The van der Waals surface area contributed by atoms with Crippen molar-refractivity contribution in [1.82, 2.24) is 0 Å². The lowest BCUT2D eigenvalue weighted by atomic mass is 10.1. The minimum absolute atomic E-state index is 0.0789. The van der Waals surface area contributed by atoms with Gasteiger partial charge >= 0.3 is 12.1 Å². The van der Waals surface area contributed by atoms with E-state index in [-0.39, 0.29) is 12.4 Å². The predicted octanol–water partition coefficient (Wildman–Crippen LogP) is 5.92. The van der Waals surface area contributed by atoms with Crippen molar-refractivity contribution in [2.45, 2.75) is 19.3 Å². The number of amides is 1. The second-order valence-electron chi connectivity index (χ2n) is 6.70. The zero-order valence-corrected chi connectivity index (χ0v) is 17.1. The van der Waals surface area contributed by atoms with Gasteiger partial charge in [0, 0.05) is 5.02 Å². The molecule has 0 unspecified atom stereocenters. The van der Waals surface area contributed by atoms with Crippen LogP contribution in [0, 0.1) is 10.1 Å². The number of benzene rings is 3. The van der Waals surface area contributed by atoms with Crippen molar-refractivity contribution in [1.29, 1.82) is 0 Å². The Balaban J connectivity index is 1.95. The van der Waals surface area contributed by atoms with E-state index in [2.05, 4.69) is 0 Å². The van der Waals surface area contributed by atoms with Crippen LogP contribution in [0.3, 0.4) is 0 Å². The highest BCUT2D eigenvalue weighted by Gasteiger charge is 2.44. The van der Waals surface area contributed by atoms with Crippen molar-refractivity contribution in [3.8, 4) is 5.75 Å². The van der Waals surface area contributed by atoms with Crippen molar-refractivity contribution >= 4 is 28.9 Å². The highest BCUT2D eigenvalue weighted by atomic mass is 35.5. The Kier molecular flexibility index (Phi) is 6.99. The maximum atomic E-state index is 13.3. The Morgan fingerprint density at radius 3 is 2.25 bits per heavy atom. The lowest BCUT2D eigenvalue weighted by molar-refractivity contribution is -0.384. The summed E-state index contributed by atoms with van der Waals surface area (Å²) in [5, 5.41) is 12.0. The average molecular weight is 465 g/mol. The molecule has 166 valence electrons. The molecule has 3 rings (SSSR count). The van der Waals surface area contributed by atoms with E-state index >= 15 is 0 Å². The van der Waals surface area contributed by atoms with Crippen molar-refractivity contribution in [2.24, 2.45) is 0 Å². The topological polar surface area (TPSA) is 72.7 Å². The lowest BCUT2D eigenvalue weighted by Crippen LogP contribution is -2.41. The van der Waals surface area contributed by atoms with Gasteiger partial charge in [0.05, 0.1) is 17.5 Å². The number of alkyl halides is 3. The fourth-order valence-electron chi connectivity index (χ4n) is 2.90. The molecule has 32 heavy (non-hydrogen) atoms. The van der Waals surface area contributed by atoms with E-state index in [1.54, 1.807) is 24.3 Å². The number of carbonyl (C=O) groups is 1. The average Bonchev–Trinajstić information content (AvgIpc) is 2.77. The normalized spacial score (nSPS) is 11.1. The molecule has 10 heteroatoms. The third-order valence-electron chi connectivity index (χ3n) is 4.42. The number of nitro benzene ring substituents is 1. The van der Waals surface area contributed by atoms with Crippen molar-refractivity contribution in [3.05, 3.63) is 99.1 Å². The molecular formula is C22H16ClF3N2O4. The van der Waals surface area contributed by atoms with Crippen LogP contribution in [-0.2, 0) is 17.9 Å². The molecule has 0 atom stereocenters. The van der Waals surface area contributed by atoms with E-state index in [1.165, 1.54) is 30.3 Å². The Morgan fingerprint density at radius 2 is 1.66 bits per heavy atom. The van der Waals surface area contributed by atoms with Gasteiger partial charge in [-0.15, -0.1) is 0 Å². The van der Waals surface area contributed by atoms with Crippen LogP contribution in [0.25, 0.3) is 0 Å². The van der Waals surface area contributed by atoms with Crippen LogP contribution >= 0.6 is 11.6 Å².